The van der Waals surface area contributed by atoms with Gasteiger partial charge >= 0.3 is 0 Å². The zero-order chi connectivity index (χ0) is 19.2. The number of thioether (sulfide) groups is 1. The Kier molecular flexibility index (Phi) is 6.24. The zero-order valence-corrected chi connectivity index (χ0v) is 16.0. The standard InChI is InChI=1S/C20H20FN3O2S/c1-14-6-5-8-15(10-14)20-22-18(26-23-20)11-24(2)19(25)13-27-12-16-7-3-4-9-17(16)21/h3-10H,11-13H2,1-2H3. The van der Waals surface area contributed by atoms with Crippen LogP contribution < -0.4 is 0 Å². The molecule has 2 aromatic carbocycles. The molecule has 0 N–H and O–H groups in total. The van der Waals surface area contributed by atoms with Crippen molar-refractivity contribution in [3.05, 3.63) is 71.4 Å². The predicted molar refractivity (Wildman–Crippen MR) is 104 cm³/mol. The molecule has 0 saturated carbocycles. The van der Waals surface area contributed by atoms with Gasteiger partial charge in [-0.3, -0.25) is 4.79 Å². The average Bonchev–Trinajstić information content (AvgIpc) is 3.11. The molecule has 3 rings (SSSR count). The molecule has 0 bridgehead atoms. The largest absolute Gasteiger partial charge is 0.337 e. The summed E-state index contributed by atoms with van der Waals surface area (Å²) in [6, 6.07) is 14.4. The van der Waals surface area contributed by atoms with Crippen molar-refractivity contribution < 1.29 is 13.7 Å². The van der Waals surface area contributed by atoms with Gasteiger partial charge in [-0.25, -0.2) is 4.39 Å². The van der Waals surface area contributed by atoms with Gasteiger partial charge in [-0.1, -0.05) is 47.1 Å². The molecule has 0 atom stereocenters. The van der Waals surface area contributed by atoms with Gasteiger partial charge in [0.15, 0.2) is 0 Å². The van der Waals surface area contributed by atoms with Crippen molar-refractivity contribution in [2.24, 2.45) is 0 Å². The molecular formula is C20H20FN3O2S. The highest BCUT2D eigenvalue weighted by Gasteiger charge is 2.15. The first-order chi connectivity index (χ1) is 13.0. The number of aryl methyl sites for hydroxylation is 1. The lowest BCUT2D eigenvalue weighted by atomic mass is 10.1. The third kappa shape index (κ3) is 5.17. The summed E-state index contributed by atoms with van der Waals surface area (Å²) >= 11 is 1.37. The van der Waals surface area contributed by atoms with E-state index in [9.17, 15) is 9.18 Å². The summed E-state index contributed by atoms with van der Waals surface area (Å²) in [5.74, 6) is 1.26. The molecule has 0 unspecified atom stereocenters. The maximum atomic E-state index is 13.6. The number of aromatic nitrogens is 2. The lowest BCUT2D eigenvalue weighted by Gasteiger charge is -2.14. The molecule has 140 valence electrons. The number of hydrogen-bond donors (Lipinski definition) is 0. The predicted octanol–water partition coefficient (Wildman–Crippen LogP) is 4.08. The average molecular weight is 385 g/mol. The van der Waals surface area contributed by atoms with Gasteiger partial charge in [0.25, 0.3) is 0 Å². The molecule has 0 fully saturated rings. The first-order valence-corrected chi connectivity index (χ1v) is 9.63. The van der Waals surface area contributed by atoms with Crippen molar-refractivity contribution in [1.82, 2.24) is 15.0 Å². The molecule has 27 heavy (non-hydrogen) atoms. The van der Waals surface area contributed by atoms with Crippen molar-refractivity contribution in [3.8, 4) is 11.4 Å². The van der Waals surface area contributed by atoms with Gasteiger partial charge in [0.1, 0.15) is 5.82 Å². The van der Waals surface area contributed by atoms with Crippen LogP contribution in [0.4, 0.5) is 4.39 Å². The molecule has 0 aliphatic carbocycles. The first-order valence-electron chi connectivity index (χ1n) is 8.47. The fourth-order valence-electron chi connectivity index (χ4n) is 2.49. The van der Waals surface area contributed by atoms with E-state index in [0.717, 1.165) is 11.1 Å². The van der Waals surface area contributed by atoms with E-state index >= 15 is 0 Å². The lowest BCUT2D eigenvalue weighted by Crippen LogP contribution is -2.28. The Hall–Kier alpha value is -2.67. The number of halogens is 1. The van der Waals surface area contributed by atoms with E-state index in [1.54, 1.807) is 25.2 Å². The van der Waals surface area contributed by atoms with Crippen LogP contribution in [-0.2, 0) is 17.1 Å². The van der Waals surface area contributed by atoms with Gasteiger partial charge in [0, 0.05) is 18.4 Å². The molecule has 0 aliphatic heterocycles. The summed E-state index contributed by atoms with van der Waals surface area (Å²) in [5, 5.41) is 3.98. The fourth-order valence-corrected chi connectivity index (χ4v) is 3.44. The number of benzene rings is 2. The van der Waals surface area contributed by atoms with Crippen LogP contribution in [0.3, 0.4) is 0 Å². The highest BCUT2D eigenvalue weighted by Crippen LogP contribution is 2.18. The number of amides is 1. The molecule has 0 spiro atoms. The molecule has 1 heterocycles. The minimum Gasteiger partial charge on any atom is -0.337 e. The van der Waals surface area contributed by atoms with E-state index in [-0.39, 0.29) is 24.0 Å². The quantitative estimate of drug-likeness (QED) is 0.613. The number of carbonyl (C=O) groups is 1. The van der Waals surface area contributed by atoms with Gasteiger partial charge in [-0.05, 0) is 24.6 Å². The highest BCUT2D eigenvalue weighted by molar-refractivity contribution is 7.99. The maximum Gasteiger partial charge on any atom is 0.246 e. The van der Waals surface area contributed by atoms with Crippen LogP contribution in [0.25, 0.3) is 11.4 Å². The Balaban J connectivity index is 1.52. The van der Waals surface area contributed by atoms with E-state index in [2.05, 4.69) is 10.1 Å². The summed E-state index contributed by atoms with van der Waals surface area (Å²) < 4.78 is 18.8. The summed E-state index contributed by atoms with van der Waals surface area (Å²) in [6.07, 6.45) is 0. The van der Waals surface area contributed by atoms with Gasteiger partial charge in [-0.15, -0.1) is 11.8 Å². The van der Waals surface area contributed by atoms with Crippen LogP contribution in [-0.4, -0.2) is 33.7 Å². The van der Waals surface area contributed by atoms with Crippen LogP contribution in [0.5, 0.6) is 0 Å². The SMILES string of the molecule is Cc1cccc(-c2noc(CN(C)C(=O)CSCc3ccccc3F)n2)c1. The second kappa shape index (κ2) is 8.81. The lowest BCUT2D eigenvalue weighted by molar-refractivity contribution is -0.127. The second-order valence-electron chi connectivity index (χ2n) is 6.22. The molecule has 0 saturated heterocycles. The van der Waals surface area contributed by atoms with Crippen LogP contribution in [0.2, 0.25) is 0 Å². The van der Waals surface area contributed by atoms with E-state index in [4.69, 9.17) is 4.52 Å². The Morgan fingerprint density at radius 2 is 2.04 bits per heavy atom. The molecule has 7 heteroatoms. The molecule has 5 nitrogen and oxygen atoms in total. The normalized spacial score (nSPS) is 10.8. The zero-order valence-electron chi connectivity index (χ0n) is 15.2. The van der Waals surface area contributed by atoms with Crippen molar-refractivity contribution in [2.45, 2.75) is 19.2 Å². The van der Waals surface area contributed by atoms with E-state index < -0.39 is 0 Å². The third-order valence-corrected chi connectivity index (χ3v) is 4.95. The minimum absolute atomic E-state index is 0.0772. The summed E-state index contributed by atoms with van der Waals surface area (Å²) in [5.41, 5.74) is 2.58. The maximum absolute atomic E-state index is 13.6. The minimum atomic E-state index is -0.250. The number of rotatable bonds is 7. The molecule has 1 aromatic heterocycles. The molecule has 0 radical (unpaired) electrons. The van der Waals surface area contributed by atoms with Crippen LogP contribution in [0, 0.1) is 12.7 Å². The van der Waals surface area contributed by atoms with E-state index in [1.165, 1.54) is 22.7 Å². The Morgan fingerprint density at radius 3 is 2.81 bits per heavy atom. The van der Waals surface area contributed by atoms with Gasteiger partial charge in [0.2, 0.25) is 17.6 Å². The van der Waals surface area contributed by atoms with Crippen LogP contribution >= 0.6 is 11.8 Å². The first kappa shape index (κ1) is 19.1. The highest BCUT2D eigenvalue weighted by atomic mass is 32.2. The smallest absolute Gasteiger partial charge is 0.246 e. The van der Waals surface area contributed by atoms with Gasteiger partial charge < -0.3 is 9.42 Å². The van der Waals surface area contributed by atoms with Crippen LogP contribution in [0.1, 0.15) is 17.0 Å². The molecule has 3 aromatic rings. The second-order valence-corrected chi connectivity index (χ2v) is 7.20. The molecule has 0 aliphatic rings. The molecular weight excluding hydrogens is 365 g/mol. The summed E-state index contributed by atoms with van der Waals surface area (Å²) in [4.78, 5) is 18.2. The monoisotopic (exact) mass is 385 g/mol. The van der Waals surface area contributed by atoms with Crippen molar-refractivity contribution >= 4 is 17.7 Å². The van der Waals surface area contributed by atoms with Crippen molar-refractivity contribution in [3.63, 3.8) is 0 Å². The van der Waals surface area contributed by atoms with Crippen molar-refractivity contribution in [1.29, 1.82) is 0 Å². The van der Waals surface area contributed by atoms with Gasteiger partial charge in [0.05, 0.1) is 12.3 Å². The summed E-state index contributed by atoms with van der Waals surface area (Å²) in [6.45, 7) is 2.23. The number of carbonyl (C=O) groups excluding carboxylic acids is 1. The number of hydrogen-bond acceptors (Lipinski definition) is 5. The van der Waals surface area contributed by atoms with Gasteiger partial charge in [-0.2, -0.15) is 4.98 Å². The Bertz CT molecular complexity index is 929. The topological polar surface area (TPSA) is 59.2 Å². The number of nitrogens with zero attached hydrogens (tertiary/aromatic N) is 3. The van der Waals surface area contributed by atoms with E-state index in [1.807, 2.05) is 31.2 Å². The summed E-state index contributed by atoms with van der Waals surface area (Å²) in [7, 11) is 1.68. The third-order valence-electron chi connectivity index (χ3n) is 3.98. The van der Waals surface area contributed by atoms with Crippen LogP contribution in [0.15, 0.2) is 53.1 Å². The Morgan fingerprint density at radius 1 is 1.22 bits per heavy atom. The Labute approximate surface area is 161 Å². The fraction of sp³-hybridized carbons (Fsp3) is 0.250. The van der Waals surface area contributed by atoms with Crippen molar-refractivity contribution in [2.75, 3.05) is 12.8 Å². The molecule has 1 amide bonds. The van der Waals surface area contributed by atoms with E-state index in [0.29, 0.717) is 23.0 Å².